The summed E-state index contributed by atoms with van der Waals surface area (Å²) in [5, 5.41) is 2.30. The summed E-state index contributed by atoms with van der Waals surface area (Å²) in [5.74, 6) is 1.26. The molecule has 0 aliphatic carbocycles. The van der Waals surface area contributed by atoms with Crippen LogP contribution in [-0.2, 0) is 5.41 Å². The molecule has 0 spiro atoms. The van der Waals surface area contributed by atoms with Crippen molar-refractivity contribution in [2.45, 2.75) is 82.3 Å². The van der Waals surface area contributed by atoms with Crippen molar-refractivity contribution in [1.82, 2.24) is 24.5 Å². The topological polar surface area (TPSA) is 87.4 Å². The van der Waals surface area contributed by atoms with E-state index in [2.05, 4.69) is 76.1 Å². The lowest BCUT2D eigenvalue weighted by Gasteiger charge is -2.45. The number of fused-ring (bicyclic) bond motifs is 3. The molecule has 41 heavy (non-hydrogen) atoms. The van der Waals surface area contributed by atoms with Crippen LogP contribution in [0.15, 0.2) is 63.9 Å². The first-order chi connectivity index (χ1) is 19.9. The summed E-state index contributed by atoms with van der Waals surface area (Å²) in [5.41, 5.74) is 3.44. The molecule has 4 aromatic rings. The van der Waals surface area contributed by atoms with E-state index >= 15 is 0 Å². The van der Waals surface area contributed by atoms with Crippen LogP contribution in [-0.4, -0.2) is 62.1 Å². The van der Waals surface area contributed by atoms with Gasteiger partial charge in [-0.3, -0.25) is 14.5 Å². The van der Waals surface area contributed by atoms with Crippen LogP contribution in [0.2, 0.25) is 0 Å². The average Bonchev–Trinajstić information content (AvgIpc) is 3.59. The minimum Gasteiger partial charge on any atom is -0.383 e. The van der Waals surface area contributed by atoms with E-state index in [1.54, 1.807) is 6.92 Å². The van der Waals surface area contributed by atoms with E-state index in [1.165, 1.54) is 36.8 Å². The number of rotatable bonds is 6. The lowest BCUT2D eigenvalue weighted by molar-refractivity contribution is 0.0604. The predicted octanol–water partition coefficient (Wildman–Crippen LogP) is 5.37. The molecule has 7 rings (SSSR count). The quantitative estimate of drug-likeness (QED) is 0.347. The van der Waals surface area contributed by atoms with Crippen LogP contribution in [0, 0.1) is 13.8 Å². The fourth-order valence-corrected chi connectivity index (χ4v) is 8.19. The van der Waals surface area contributed by atoms with Gasteiger partial charge in [0.2, 0.25) is 0 Å². The molecule has 2 bridgehead atoms. The highest BCUT2D eigenvalue weighted by Gasteiger charge is 2.44. The summed E-state index contributed by atoms with van der Waals surface area (Å²) in [6, 6.07) is 21.1. The van der Waals surface area contributed by atoms with E-state index in [1.807, 2.05) is 4.90 Å². The molecule has 1 N–H and O–H groups in total. The van der Waals surface area contributed by atoms with Gasteiger partial charge in [-0.25, -0.2) is 4.98 Å². The third-order valence-electron chi connectivity index (χ3n) is 10.3. The van der Waals surface area contributed by atoms with E-state index < -0.39 is 5.56 Å². The van der Waals surface area contributed by atoms with E-state index in [0.717, 1.165) is 37.1 Å². The Balaban J connectivity index is 1.07. The molecular formula is C33H39N5O3. The largest absolute Gasteiger partial charge is 0.383 e. The number of imidazole rings is 1. The Morgan fingerprint density at radius 1 is 0.976 bits per heavy atom. The van der Waals surface area contributed by atoms with Gasteiger partial charge >= 0.3 is 0 Å². The zero-order valence-electron chi connectivity index (χ0n) is 24.0. The number of H-pyrrole nitrogens is 1. The van der Waals surface area contributed by atoms with Crippen LogP contribution in [0.1, 0.15) is 78.5 Å². The van der Waals surface area contributed by atoms with E-state index in [0.29, 0.717) is 37.0 Å². The van der Waals surface area contributed by atoms with Crippen LogP contribution in [0.3, 0.4) is 0 Å². The minimum absolute atomic E-state index is 0.0172. The highest BCUT2D eigenvalue weighted by Crippen LogP contribution is 2.45. The fourth-order valence-electron chi connectivity index (χ4n) is 8.19. The zero-order valence-corrected chi connectivity index (χ0v) is 24.0. The van der Waals surface area contributed by atoms with Gasteiger partial charge in [-0.15, -0.1) is 0 Å². The number of carbonyl (C=O) groups excluding carboxylic acids is 1. The minimum atomic E-state index is -0.440. The fraction of sp³-hybridized carbons (Fsp3) is 0.485. The number of nitrogens with zero attached hydrogens (tertiary/aromatic N) is 4. The van der Waals surface area contributed by atoms with Gasteiger partial charge in [0.15, 0.2) is 0 Å². The number of piperidine rings is 2. The van der Waals surface area contributed by atoms with Crippen LogP contribution in [0.4, 0.5) is 0 Å². The lowest BCUT2D eigenvalue weighted by Crippen LogP contribution is -2.49. The predicted molar refractivity (Wildman–Crippen MR) is 158 cm³/mol. The van der Waals surface area contributed by atoms with Crippen molar-refractivity contribution in [2.24, 2.45) is 0 Å². The molecule has 0 saturated carbocycles. The van der Waals surface area contributed by atoms with Crippen molar-refractivity contribution >= 4 is 16.9 Å². The zero-order chi connectivity index (χ0) is 28.1. The first-order valence-electron chi connectivity index (χ1n) is 15.2. The summed E-state index contributed by atoms with van der Waals surface area (Å²) in [4.78, 5) is 34.9. The molecule has 3 saturated heterocycles. The van der Waals surface area contributed by atoms with Gasteiger partial charge in [-0.05, 0) is 88.4 Å². The van der Waals surface area contributed by atoms with E-state index in [-0.39, 0.29) is 16.9 Å². The third kappa shape index (κ3) is 4.53. The second-order valence-corrected chi connectivity index (χ2v) is 12.4. The number of para-hydroxylation sites is 2. The maximum absolute atomic E-state index is 13.2. The highest BCUT2D eigenvalue weighted by molar-refractivity contribution is 5.94. The maximum atomic E-state index is 13.2. The maximum Gasteiger partial charge on any atom is 0.293 e. The number of aryl methyl sites for hydroxylation is 2. The van der Waals surface area contributed by atoms with Crippen LogP contribution in [0.5, 0.6) is 0 Å². The molecule has 1 amide bonds. The molecule has 5 heterocycles. The summed E-state index contributed by atoms with van der Waals surface area (Å²) >= 11 is 0. The molecule has 3 aliphatic rings. The Labute approximate surface area is 240 Å². The molecule has 8 heteroatoms. The third-order valence-corrected chi connectivity index (χ3v) is 10.3. The van der Waals surface area contributed by atoms with Gasteiger partial charge in [0.1, 0.15) is 17.1 Å². The number of likely N-dealkylation sites (tertiary alicyclic amines) is 1. The summed E-state index contributed by atoms with van der Waals surface area (Å²) in [6.45, 7) is 6.17. The molecule has 2 aromatic heterocycles. The number of nitrogens with one attached hydrogen (secondary N) is 1. The van der Waals surface area contributed by atoms with Gasteiger partial charge < -0.3 is 14.0 Å². The van der Waals surface area contributed by atoms with Gasteiger partial charge in [0, 0.05) is 31.2 Å². The monoisotopic (exact) mass is 553 g/mol. The number of aromatic amines is 1. The standard InChI is InChI=1S/C33H39N5O3/c1-22-30(31(39)35-41-22)32(40)36-17-14-33(15-18-36,24-8-4-3-5-9-24)16-19-37-25-12-13-26(37)21-27(20-25)38-23(2)34-28-10-6-7-11-29(28)38/h3-11,25-27H,12-21H2,1-2H3,(H,35,39)/t25-,26+,27?. The van der Waals surface area contributed by atoms with Crippen molar-refractivity contribution < 1.29 is 9.32 Å². The number of hydrogen-bond donors (Lipinski definition) is 1. The first-order valence-corrected chi connectivity index (χ1v) is 15.2. The number of carbonyl (C=O) groups is 1. The van der Waals surface area contributed by atoms with Crippen molar-refractivity contribution in [3.05, 3.63) is 87.7 Å². The number of benzene rings is 2. The van der Waals surface area contributed by atoms with Crippen LogP contribution < -0.4 is 5.56 Å². The van der Waals surface area contributed by atoms with Crippen molar-refractivity contribution in [3.8, 4) is 0 Å². The SMILES string of the molecule is Cc1o[nH]c(=O)c1C(=O)N1CCC(CCN2[C@@H]3CC[C@H]2CC(n2c(C)nc4ccccc42)C3)(c2ccccc2)CC1. The Kier molecular flexibility index (Phi) is 6.61. The number of amides is 1. The van der Waals surface area contributed by atoms with E-state index in [4.69, 9.17) is 9.51 Å². The van der Waals surface area contributed by atoms with Gasteiger partial charge in [-0.1, -0.05) is 42.5 Å². The molecule has 214 valence electrons. The molecule has 1 unspecified atom stereocenters. The van der Waals surface area contributed by atoms with Crippen molar-refractivity contribution in [2.75, 3.05) is 19.6 Å². The Hall–Kier alpha value is -3.65. The molecule has 8 nitrogen and oxygen atoms in total. The van der Waals surface area contributed by atoms with Gasteiger partial charge in [-0.2, -0.15) is 5.16 Å². The second-order valence-electron chi connectivity index (χ2n) is 12.4. The summed E-state index contributed by atoms with van der Waals surface area (Å²) < 4.78 is 7.62. The highest BCUT2D eigenvalue weighted by atomic mass is 16.5. The molecule has 3 fully saturated rings. The van der Waals surface area contributed by atoms with Gasteiger partial charge in [0.05, 0.1) is 11.0 Å². The molecule has 0 radical (unpaired) electrons. The molecule has 2 aromatic carbocycles. The van der Waals surface area contributed by atoms with Crippen molar-refractivity contribution in [3.63, 3.8) is 0 Å². The Bertz CT molecular complexity index is 1600. The lowest BCUT2D eigenvalue weighted by atomic mass is 9.70. The number of aromatic nitrogens is 3. The van der Waals surface area contributed by atoms with E-state index in [9.17, 15) is 9.59 Å². The normalized spacial score (nSPS) is 24.2. The smallest absolute Gasteiger partial charge is 0.293 e. The summed E-state index contributed by atoms with van der Waals surface area (Å²) in [7, 11) is 0. The molecular weight excluding hydrogens is 514 g/mol. The average molecular weight is 554 g/mol. The molecule has 3 aliphatic heterocycles. The summed E-state index contributed by atoms with van der Waals surface area (Å²) in [6.07, 6.45) is 7.76. The van der Waals surface area contributed by atoms with Crippen LogP contribution >= 0.6 is 0 Å². The Morgan fingerprint density at radius 2 is 1.66 bits per heavy atom. The first kappa shape index (κ1) is 26.3. The molecule has 3 atom stereocenters. The number of hydrogen-bond acceptors (Lipinski definition) is 5. The van der Waals surface area contributed by atoms with Gasteiger partial charge in [0.25, 0.3) is 11.5 Å². The second kappa shape index (κ2) is 10.3. The van der Waals surface area contributed by atoms with Crippen molar-refractivity contribution in [1.29, 1.82) is 0 Å². The Morgan fingerprint density at radius 3 is 2.34 bits per heavy atom. The van der Waals surface area contributed by atoms with Crippen LogP contribution in [0.25, 0.3) is 11.0 Å².